The molecule has 0 saturated heterocycles. The lowest BCUT2D eigenvalue weighted by Gasteiger charge is -2.24. The number of unbranched alkanes of at least 4 members (excludes halogenated alkanes) is 22. The summed E-state index contributed by atoms with van der Waals surface area (Å²) < 4.78 is 34.6. The summed E-state index contributed by atoms with van der Waals surface area (Å²) in [6, 6.07) is 0. The molecule has 1 N–H and O–H groups in total. The number of allylic oxidation sites excluding steroid dienone is 20. The highest BCUT2D eigenvalue weighted by molar-refractivity contribution is 7.47. The number of rotatable bonds is 56. The molecule has 0 fully saturated rings. The number of esters is 2. The molecule has 0 spiro atoms. The lowest BCUT2D eigenvalue weighted by atomic mass is 10.0. The topological polar surface area (TPSA) is 108 Å². The highest BCUT2D eigenvalue weighted by atomic mass is 31.2. The Morgan fingerprint density at radius 1 is 0.410 bits per heavy atom. The van der Waals surface area contributed by atoms with Crippen LogP contribution in [0.2, 0.25) is 0 Å². The van der Waals surface area contributed by atoms with Crippen LogP contribution >= 0.6 is 7.82 Å². The Balaban J connectivity index is 4.23. The number of nitrogens with zero attached hydrogens (tertiary/aromatic N) is 1. The van der Waals surface area contributed by atoms with Gasteiger partial charge in [0.2, 0.25) is 0 Å². The van der Waals surface area contributed by atoms with Crippen LogP contribution in [-0.2, 0) is 32.7 Å². The molecule has 0 aliphatic rings. The number of phosphoric ester groups is 1. The summed E-state index contributed by atoms with van der Waals surface area (Å²) in [7, 11) is 1.43. The van der Waals surface area contributed by atoms with Crippen molar-refractivity contribution in [2.75, 3.05) is 47.5 Å². The van der Waals surface area contributed by atoms with Crippen LogP contribution in [0.3, 0.4) is 0 Å². The summed E-state index contributed by atoms with van der Waals surface area (Å²) >= 11 is 0. The zero-order chi connectivity index (χ0) is 57.0. The lowest BCUT2D eigenvalue weighted by Crippen LogP contribution is -2.37. The zero-order valence-electron chi connectivity index (χ0n) is 50.6. The van der Waals surface area contributed by atoms with E-state index in [0.717, 1.165) is 89.9 Å². The number of hydrogen-bond acceptors (Lipinski definition) is 7. The molecule has 0 heterocycles. The molecule has 0 aromatic heterocycles. The van der Waals surface area contributed by atoms with Gasteiger partial charge in [0.15, 0.2) is 6.10 Å². The van der Waals surface area contributed by atoms with Crippen molar-refractivity contribution in [3.8, 4) is 0 Å². The number of hydrogen-bond donors (Lipinski definition) is 1. The molecule has 0 aromatic carbocycles. The highest BCUT2D eigenvalue weighted by Gasteiger charge is 2.27. The van der Waals surface area contributed by atoms with E-state index in [1.54, 1.807) is 0 Å². The number of carbonyl (C=O) groups is 2. The van der Waals surface area contributed by atoms with Gasteiger partial charge in [-0.15, -0.1) is 0 Å². The van der Waals surface area contributed by atoms with Crippen molar-refractivity contribution in [3.05, 3.63) is 122 Å². The maximum atomic E-state index is 12.8. The molecule has 446 valence electrons. The molecular weight excluding hydrogens is 990 g/mol. The van der Waals surface area contributed by atoms with Gasteiger partial charge in [-0.1, -0.05) is 245 Å². The second-order valence-corrected chi connectivity index (χ2v) is 23.2. The molecule has 2 unspecified atom stereocenters. The number of ether oxygens (including phenoxy) is 2. The van der Waals surface area contributed by atoms with Gasteiger partial charge < -0.3 is 18.9 Å². The first-order valence-corrected chi connectivity index (χ1v) is 32.8. The van der Waals surface area contributed by atoms with Gasteiger partial charge >= 0.3 is 19.8 Å². The second kappa shape index (κ2) is 58.1. The first-order chi connectivity index (χ1) is 38.0. The summed E-state index contributed by atoms with van der Waals surface area (Å²) in [6.07, 6.45) is 82.8. The number of phosphoric acid groups is 1. The van der Waals surface area contributed by atoms with Gasteiger partial charge in [-0.2, -0.15) is 0 Å². The van der Waals surface area contributed by atoms with E-state index in [1.165, 1.54) is 122 Å². The molecule has 0 rings (SSSR count). The van der Waals surface area contributed by atoms with Crippen molar-refractivity contribution in [1.82, 2.24) is 0 Å². The van der Waals surface area contributed by atoms with Gasteiger partial charge in [-0.3, -0.25) is 18.6 Å². The first-order valence-electron chi connectivity index (χ1n) is 31.3. The molecule has 0 radical (unpaired) electrons. The molecule has 78 heavy (non-hydrogen) atoms. The predicted molar refractivity (Wildman–Crippen MR) is 334 cm³/mol. The van der Waals surface area contributed by atoms with Crippen LogP contribution in [-0.4, -0.2) is 74.9 Å². The molecule has 0 aliphatic carbocycles. The van der Waals surface area contributed by atoms with Gasteiger partial charge in [0.25, 0.3) is 0 Å². The Labute approximate surface area is 479 Å². The Morgan fingerprint density at radius 3 is 1.12 bits per heavy atom. The molecule has 0 amide bonds. The predicted octanol–water partition coefficient (Wildman–Crippen LogP) is 19.9. The maximum Gasteiger partial charge on any atom is 0.472 e. The fraction of sp³-hybridized carbons (Fsp3) is 0.676. The van der Waals surface area contributed by atoms with Gasteiger partial charge in [0.1, 0.15) is 19.8 Å². The average Bonchev–Trinajstić information content (AvgIpc) is 3.41. The largest absolute Gasteiger partial charge is 0.472 e. The molecule has 10 heteroatoms. The van der Waals surface area contributed by atoms with Crippen LogP contribution in [0.4, 0.5) is 0 Å². The second-order valence-electron chi connectivity index (χ2n) is 21.7. The van der Waals surface area contributed by atoms with E-state index >= 15 is 0 Å². The molecule has 9 nitrogen and oxygen atoms in total. The van der Waals surface area contributed by atoms with Gasteiger partial charge in [-0.25, -0.2) is 4.57 Å². The average molecular weight is 1110 g/mol. The summed E-state index contributed by atoms with van der Waals surface area (Å²) in [5.41, 5.74) is 0. The maximum absolute atomic E-state index is 12.8. The summed E-state index contributed by atoms with van der Waals surface area (Å²) in [5.74, 6) is -0.852. The number of carbonyl (C=O) groups excluding carboxylic acids is 2. The van der Waals surface area contributed by atoms with Crippen LogP contribution in [0.25, 0.3) is 0 Å². The molecular formula is C68H117NO8P+. The van der Waals surface area contributed by atoms with Crippen molar-refractivity contribution >= 4 is 19.8 Å². The lowest BCUT2D eigenvalue weighted by molar-refractivity contribution is -0.870. The first kappa shape index (κ1) is 74.4. The van der Waals surface area contributed by atoms with E-state index in [0.29, 0.717) is 17.4 Å². The third-order valence-electron chi connectivity index (χ3n) is 13.0. The van der Waals surface area contributed by atoms with Crippen LogP contribution in [0, 0.1) is 0 Å². The molecule has 0 aliphatic heterocycles. The zero-order valence-corrected chi connectivity index (χ0v) is 51.5. The third-order valence-corrected chi connectivity index (χ3v) is 14.0. The summed E-state index contributed by atoms with van der Waals surface area (Å²) in [6.45, 7) is 4.26. The normalized spacial score (nSPS) is 14.1. The minimum Gasteiger partial charge on any atom is -0.462 e. The van der Waals surface area contributed by atoms with Crippen LogP contribution in [0.1, 0.15) is 245 Å². The standard InChI is InChI=1S/C68H116NO8P/c1-6-8-10-12-14-16-18-20-22-24-26-28-30-32-34-36-38-40-42-44-46-48-50-52-54-56-58-60-67(70)74-64-66(65-76-78(72,73)75-63-62-69(3,4)5)77-68(71)61-59-57-55-53-51-49-47-45-43-41-39-37-35-33-31-29-27-25-23-21-19-17-15-13-11-9-7-2/h9,11,15,17-18,20-21,23-24,26-27,29,33,35,39,41,45,47,51,53,66H,6-8,10,12-14,16,19,22,25,28,30-32,34,36-38,40,42-44,46,48-50,52,54-65H2,1-5H3/p+1/b11-9-,17-15-,20-18-,23-21-,26-24-,29-27-,35-33-,41-39-,47-45-,53-51-. The van der Waals surface area contributed by atoms with E-state index in [1.807, 2.05) is 21.1 Å². The third kappa shape index (κ3) is 61.6. The SMILES string of the molecule is CC/C=C\C/C=C\C/C=C\C/C=C\C/C=C\C/C=C\C/C=C\C/C=C\CCCCC(=O)OC(COC(=O)CCCCCCCCCCCCCCCCC/C=C\C/C=C\CCCCCCC)COP(=O)(O)OCC[N+](C)(C)C. The highest BCUT2D eigenvalue weighted by Crippen LogP contribution is 2.43. The van der Waals surface area contributed by atoms with E-state index in [2.05, 4.69) is 135 Å². The quantitative estimate of drug-likeness (QED) is 0.0211. The fourth-order valence-corrected chi connectivity index (χ4v) is 8.92. The monoisotopic (exact) mass is 1110 g/mol. The number of likely N-dealkylation sites (N-methyl/N-ethyl adjacent to an activating group) is 1. The fourth-order valence-electron chi connectivity index (χ4n) is 8.18. The van der Waals surface area contributed by atoms with Crippen molar-refractivity contribution < 1.29 is 42.1 Å². The minimum atomic E-state index is -4.41. The van der Waals surface area contributed by atoms with Crippen LogP contribution in [0.5, 0.6) is 0 Å². The molecule has 0 saturated carbocycles. The summed E-state index contributed by atoms with van der Waals surface area (Å²) in [5, 5.41) is 0. The van der Waals surface area contributed by atoms with E-state index < -0.39 is 26.5 Å². The Morgan fingerprint density at radius 2 is 0.731 bits per heavy atom. The smallest absolute Gasteiger partial charge is 0.462 e. The van der Waals surface area contributed by atoms with Crippen LogP contribution < -0.4 is 0 Å². The molecule has 0 aromatic rings. The van der Waals surface area contributed by atoms with Crippen molar-refractivity contribution in [1.29, 1.82) is 0 Å². The van der Waals surface area contributed by atoms with E-state index in [-0.39, 0.29) is 32.0 Å². The molecule has 2 atom stereocenters. The Kier molecular flexibility index (Phi) is 55.4. The van der Waals surface area contributed by atoms with Gasteiger partial charge in [0.05, 0.1) is 27.7 Å². The van der Waals surface area contributed by atoms with Gasteiger partial charge in [-0.05, 0) is 109 Å². The molecule has 0 bridgehead atoms. The Bertz CT molecular complexity index is 1730. The van der Waals surface area contributed by atoms with Crippen molar-refractivity contribution in [3.63, 3.8) is 0 Å². The summed E-state index contributed by atoms with van der Waals surface area (Å²) in [4.78, 5) is 35.8. The van der Waals surface area contributed by atoms with Gasteiger partial charge in [0, 0.05) is 12.8 Å². The van der Waals surface area contributed by atoms with Crippen molar-refractivity contribution in [2.45, 2.75) is 251 Å². The van der Waals surface area contributed by atoms with E-state index in [4.69, 9.17) is 18.5 Å². The van der Waals surface area contributed by atoms with Crippen LogP contribution in [0.15, 0.2) is 122 Å². The number of quaternary nitrogens is 1. The minimum absolute atomic E-state index is 0.0169. The van der Waals surface area contributed by atoms with E-state index in [9.17, 15) is 19.0 Å². The Hall–Kier alpha value is -3.59. The van der Waals surface area contributed by atoms with Crippen molar-refractivity contribution in [2.24, 2.45) is 0 Å².